The number of nitrogens with zero attached hydrogens (tertiary/aromatic N) is 2. The van der Waals surface area contributed by atoms with Crippen LogP contribution in [-0.2, 0) is 14.3 Å². The van der Waals surface area contributed by atoms with E-state index in [9.17, 15) is 14.7 Å². The van der Waals surface area contributed by atoms with Gasteiger partial charge in [-0.2, -0.15) is 0 Å². The number of fused-ring (bicyclic) bond motifs is 2. The number of hydrogen-bond acceptors (Lipinski definition) is 5. The van der Waals surface area contributed by atoms with Crippen molar-refractivity contribution in [2.75, 3.05) is 26.2 Å². The van der Waals surface area contributed by atoms with Crippen molar-refractivity contribution >= 4 is 17.8 Å². The molecule has 186 valence electrons. The summed E-state index contributed by atoms with van der Waals surface area (Å²) in [6.45, 7) is 2.80. The molecule has 2 aliphatic carbocycles. The quantitative estimate of drug-likeness (QED) is 0.302. The Kier molecular flexibility index (Phi) is 8.11. The van der Waals surface area contributed by atoms with Gasteiger partial charge in [0, 0.05) is 38.3 Å². The van der Waals surface area contributed by atoms with E-state index in [2.05, 4.69) is 5.32 Å². The summed E-state index contributed by atoms with van der Waals surface area (Å²) >= 11 is 0. The second-order valence-electron chi connectivity index (χ2n) is 10.5. The minimum absolute atomic E-state index is 0.0420. The van der Waals surface area contributed by atoms with Gasteiger partial charge in [-0.05, 0) is 69.6 Å². The van der Waals surface area contributed by atoms with Gasteiger partial charge in [0.05, 0.1) is 18.6 Å². The number of hydrogen-bond donors (Lipinski definition) is 4. The SMILES string of the molecule is N=C(N)N1CCC(OCC[C@@H]2CCCCN2C(=O)[C@H](CC(=O)O)NC2CC3CCC2C3)CC1. The summed E-state index contributed by atoms with van der Waals surface area (Å²) in [4.78, 5) is 28.9. The summed E-state index contributed by atoms with van der Waals surface area (Å²) in [6.07, 6.45) is 10.3. The number of aliphatic carboxylic acids is 1. The molecule has 1 amide bonds. The number of guanidine groups is 1. The Morgan fingerprint density at radius 2 is 1.88 bits per heavy atom. The summed E-state index contributed by atoms with van der Waals surface area (Å²) in [6, 6.07) is -0.240. The van der Waals surface area contributed by atoms with Gasteiger partial charge in [0.25, 0.3) is 0 Å². The van der Waals surface area contributed by atoms with Crippen LogP contribution >= 0.6 is 0 Å². The van der Waals surface area contributed by atoms with Gasteiger partial charge in [0.15, 0.2) is 5.96 Å². The van der Waals surface area contributed by atoms with Gasteiger partial charge in [-0.3, -0.25) is 15.0 Å². The first kappa shape index (κ1) is 24.3. The van der Waals surface area contributed by atoms with Crippen LogP contribution in [0.5, 0.6) is 0 Å². The molecule has 0 aromatic rings. The van der Waals surface area contributed by atoms with Crippen LogP contribution in [0.2, 0.25) is 0 Å². The number of likely N-dealkylation sites (tertiary alicyclic amines) is 2. The predicted molar refractivity (Wildman–Crippen MR) is 125 cm³/mol. The Morgan fingerprint density at radius 3 is 2.52 bits per heavy atom. The molecule has 4 fully saturated rings. The first-order valence-corrected chi connectivity index (χ1v) is 12.9. The molecule has 4 rings (SSSR count). The van der Waals surface area contributed by atoms with Gasteiger partial charge >= 0.3 is 5.97 Å². The molecule has 0 radical (unpaired) electrons. The molecule has 2 heterocycles. The molecule has 33 heavy (non-hydrogen) atoms. The predicted octanol–water partition coefficient (Wildman–Crippen LogP) is 1.75. The lowest BCUT2D eigenvalue weighted by Gasteiger charge is -2.39. The van der Waals surface area contributed by atoms with E-state index in [4.69, 9.17) is 15.9 Å². The topological polar surface area (TPSA) is 132 Å². The third kappa shape index (κ3) is 6.18. The molecule has 0 aromatic carbocycles. The summed E-state index contributed by atoms with van der Waals surface area (Å²) in [7, 11) is 0. The highest BCUT2D eigenvalue weighted by Gasteiger charge is 2.42. The molecule has 2 saturated heterocycles. The van der Waals surface area contributed by atoms with Crippen LogP contribution in [0.15, 0.2) is 0 Å². The van der Waals surface area contributed by atoms with E-state index in [0.29, 0.717) is 19.1 Å². The van der Waals surface area contributed by atoms with Crippen LogP contribution in [-0.4, -0.2) is 83.2 Å². The molecule has 2 aliphatic heterocycles. The van der Waals surface area contributed by atoms with Gasteiger partial charge in [-0.25, -0.2) is 0 Å². The highest BCUT2D eigenvalue weighted by molar-refractivity contribution is 5.86. The first-order chi connectivity index (χ1) is 15.9. The van der Waals surface area contributed by atoms with Crippen LogP contribution in [0, 0.1) is 17.2 Å². The maximum Gasteiger partial charge on any atom is 0.305 e. The number of carboxylic acid groups (broad SMARTS) is 1. The molecule has 9 nitrogen and oxygen atoms in total. The molecule has 2 bridgehead atoms. The van der Waals surface area contributed by atoms with Gasteiger partial charge in [-0.15, -0.1) is 0 Å². The number of nitrogens with two attached hydrogens (primary N) is 1. The van der Waals surface area contributed by atoms with Crippen molar-refractivity contribution < 1.29 is 19.4 Å². The largest absolute Gasteiger partial charge is 0.481 e. The maximum absolute atomic E-state index is 13.5. The van der Waals surface area contributed by atoms with Crippen LogP contribution in [0.3, 0.4) is 0 Å². The normalized spacial score (nSPS) is 31.0. The zero-order valence-electron chi connectivity index (χ0n) is 19.7. The number of nitrogens with one attached hydrogen (secondary N) is 2. The number of carbonyl (C=O) groups excluding carboxylic acids is 1. The number of rotatable bonds is 9. The van der Waals surface area contributed by atoms with Crippen molar-refractivity contribution in [1.29, 1.82) is 5.41 Å². The highest BCUT2D eigenvalue weighted by atomic mass is 16.5. The third-order valence-electron chi connectivity index (χ3n) is 8.33. The lowest BCUT2D eigenvalue weighted by Crippen LogP contribution is -2.55. The van der Waals surface area contributed by atoms with Gasteiger partial charge in [0.1, 0.15) is 0 Å². The van der Waals surface area contributed by atoms with Crippen molar-refractivity contribution in [3.63, 3.8) is 0 Å². The van der Waals surface area contributed by atoms with E-state index in [1.54, 1.807) is 0 Å². The summed E-state index contributed by atoms with van der Waals surface area (Å²) in [5, 5.41) is 20.5. The Hall–Kier alpha value is -1.87. The molecule has 3 unspecified atom stereocenters. The fourth-order valence-corrected chi connectivity index (χ4v) is 6.52. The molecule has 2 saturated carbocycles. The molecule has 5 N–H and O–H groups in total. The van der Waals surface area contributed by atoms with Crippen molar-refractivity contribution in [2.45, 2.75) is 94.9 Å². The molecule has 5 atom stereocenters. The van der Waals surface area contributed by atoms with Gasteiger partial charge in [0.2, 0.25) is 5.91 Å². The first-order valence-electron chi connectivity index (χ1n) is 12.9. The Bertz CT molecular complexity index is 711. The van der Waals surface area contributed by atoms with Crippen LogP contribution in [0.25, 0.3) is 0 Å². The van der Waals surface area contributed by atoms with Crippen molar-refractivity contribution in [3.05, 3.63) is 0 Å². The standard InChI is InChI=1S/C24H41N5O4/c25-24(26)28-10-6-19(7-11-28)33-12-8-18-3-1-2-9-29(18)23(32)21(15-22(30)31)27-20-14-16-4-5-17(20)13-16/h16-21,27H,1-15H2,(H3,25,26)(H,30,31)/t16?,17?,18-,20?,21-/m0/s1. The van der Waals surface area contributed by atoms with E-state index in [-0.39, 0.29) is 36.5 Å². The number of carbonyl (C=O) groups is 2. The minimum Gasteiger partial charge on any atom is -0.481 e. The summed E-state index contributed by atoms with van der Waals surface area (Å²) < 4.78 is 6.12. The zero-order valence-corrected chi connectivity index (χ0v) is 19.7. The van der Waals surface area contributed by atoms with Crippen LogP contribution in [0.1, 0.15) is 70.6 Å². The van der Waals surface area contributed by atoms with Crippen molar-refractivity contribution in [2.24, 2.45) is 17.6 Å². The molecular formula is C24H41N5O4. The second kappa shape index (κ2) is 11.0. The average Bonchev–Trinajstić information content (AvgIpc) is 3.42. The van der Waals surface area contributed by atoms with E-state index < -0.39 is 12.0 Å². The minimum atomic E-state index is -0.919. The molecule has 9 heteroatoms. The number of piperidine rings is 2. The maximum atomic E-state index is 13.5. The zero-order chi connectivity index (χ0) is 23.4. The molecular weight excluding hydrogens is 422 g/mol. The fourth-order valence-electron chi connectivity index (χ4n) is 6.52. The van der Waals surface area contributed by atoms with E-state index in [1.165, 1.54) is 19.3 Å². The smallest absolute Gasteiger partial charge is 0.305 e. The highest BCUT2D eigenvalue weighted by Crippen LogP contribution is 2.44. The van der Waals surface area contributed by atoms with Crippen molar-refractivity contribution in [3.8, 4) is 0 Å². The Morgan fingerprint density at radius 1 is 1.09 bits per heavy atom. The monoisotopic (exact) mass is 463 g/mol. The lowest BCUT2D eigenvalue weighted by molar-refractivity contribution is -0.145. The van der Waals surface area contributed by atoms with Crippen molar-refractivity contribution in [1.82, 2.24) is 15.1 Å². The van der Waals surface area contributed by atoms with Crippen LogP contribution < -0.4 is 11.1 Å². The average molecular weight is 464 g/mol. The number of carboxylic acids is 1. The van der Waals surface area contributed by atoms with E-state index in [0.717, 1.165) is 64.0 Å². The second-order valence-corrected chi connectivity index (χ2v) is 10.5. The van der Waals surface area contributed by atoms with Gasteiger partial charge in [-0.1, -0.05) is 6.42 Å². The number of ether oxygens (including phenoxy) is 1. The lowest BCUT2D eigenvalue weighted by atomic mass is 9.93. The summed E-state index contributed by atoms with van der Waals surface area (Å²) in [5.74, 6) is 0.506. The van der Waals surface area contributed by atoms with Crippen LogP contribution in [0.4, 0.5) is 0 Å². The molecule has 4 aliphatic rings. The molecule has 0 spiro atoms. The van der Waals surface area contributed by atoms with E-state index >= 15 is 0 Å². The van der Waals surface area contributed by atoms with E-state index in [1.807, 2.05) is 9.80 Å². The Balaban J connectivity index is 1.29. The summed E-state index contributed by atoms with van der Waals surface area (Å²) in [5.41, 5.74) is 5.57. The Labute approximate surface area is 196 Å². The number of amides is 1. The fraction of sp³-hybridized carbons (Fsp3) is 0.875. The third-order valence-corrected chi connectivity index (χ3v) is 8.33. The molecule has 0 aromatic heterocycles. The van der Waals surface area contributed by atoms with Gasteiger partial charge < -0.3 is 30.7 Å².